The van der Waals surface area contributed by atoms with E-state index in [1.807, 2.05) is 5.83 Å². The van der Waals surface area contributed by atoms with Crippen molar-refractivity contribution in [3.05, 3.63) is 0 Å². The molecule has 0 radical (unpaired) electrons. The summed E-state index contributed by atoms with van der Waals surface area (Å²) in [6.07, 6.45) is 21.9. The Hall–Kier alpha value is 0.440. The molecule has 0 aromatic heterocycles. The highest BCUT2D eigenvalue weighted by molar-refractivity contribution is 9.08. The van der Waals surface area contributed by atoms with Crippen molar-refractivity contribution >= 4 is 15.9 Å². The van der Waals surface area contributed by atoms with E-state index in [1.54, 1.807) is 0 Å². The normalized spacial score (nSPS) is 11.2. The third-order valence-electron chi connectivity index (χ3n) is 4.43. The second-order valence-electron chi connectivity index (χ2n) is 7.96. The lowest BCUT2D eigenvalue weighted by Crippen LogP contribution is -2.35. The third-order valence-corrected chi connectivity index (χ3v) is 4.43. The topological polar surface area (TPSA) is 0 Å². The van der Waals surface area contributed by atoms with Gasteiger partial charge >= 0.3 is 0 Å². The van der Waals surface area contributed by atoms with Gasteiger partial charge in [-0.15, -0.1) is 0 Å². The molecule has 0 unspecified atom stereocenters. The molecule has 0 N–H and O–H groups in total. The second kappa shape index (κ2) is 20.5. The number of quaternary nitrogens is 1. The van der Waals surface area contributed by atoms with Gasteiger partial charge < -0.3 is 4.48 Å². The zero-order chi connectivity index (χ0) is 17.8. The SMILES string of the molecule is CBr.CCCCCCCCCCCCCCCCC[N+](C)(C)C. The summed E-state index contributed by atoms with van der Waals surface area (Å²) in [5.41, 5.74) is 0. The molecule has 0 amide bonds. The zero-order valence-electron chi connectivity index (χ0n) is 17.1. The van der Waals surface area contributed by atoms with Gasteiger partial charge in [-0.1, -0.05) is 106 Å². The van der Waals surface area contributed by atoms with Gasteiger partial charge in [0.05, 0.1) is 27.7 Å². The molecule has 142 valence electrons. The van der Waals surface area contributed by atoms with Crippen LogP contribution in [0.4, 0.5) is 0 Å². The van der Waals surface area contributed by atoms with Gasteiger partial charge in [0, 0.05) is 0 Å². The van der Waals surface area contributed by atoms with Crippen molar-refractivity contribution in [2.24, 2.45) is 0 Å². The maximum absolute atomic E-state index is 2.94. The molecule has 0 aromatic carbocycles. The van der Waals surface area contributed by atoms with Crippen molar-refractivity contribution in [1.82, 2.24) is 0 Å². The van der Waals surface area contributed by atoms with Crippen LogP contribution in [0.25, 0.3) is 0 Å². The second-order valence-corrected chi connectivity index (χ2v) is 7.96. The number of unbranched alkanes of at least 4 members (excludes halogenated alkanes) is 14. The Balaban J connectivity index is 0. The Kier molecular flexibility index (Phi) is 22.9. The number of hydrogen-bond acceptors (Lipinski definition) is 0. The van der Waals surface area contributed by atoms with E-state index in [0.29, 0.717) is 0 Å². The smallest absolute Gasteiger partial charge is 0.0780 e. The molecule has 0 bridgehead atoms. The first-order valence-corrected chi connectivity index (χ1v) is 11.8. The fourth-order valence-electron chi connectivity index (χ4n) is 2.96. The van der Waals surface area contributed by atoms with E-state index in [-0.39, 0.29) is 0 Å². The summed E-state index contributed by atoms with van der Waals surface area (Å²) in [5, 5.41) is 0. The summed E-state index contributed by atoms with van der Waals surface area (Å²) in [7, 11) is 6.89. The van der Waals surface area contributed by atoms with Gasteiger partial charge in [-0.2, -0.15) is 0 Å². The van der Waals surface area contributed by atoms with Gasteiger partial charge in [0.2, 0.25) is 0 Å². The van der Waals surface area contributed by atoms with Gasteiger partial charge in [-0.25, -0.2) is 0 Å². The number of alkyl halides is 1. The lowest BCUT2D eigenvalue weighted by molar-refractivity contribution is -0.870. The average molecular weight is 394 g/mol. The average Bonchev–Trinajstić information content (AvgIpc) is 2.52. The predicted molar refractivity (Wildman–Crippen MR) is 113 cm³/mol. The highest BCUT2D eigenvalue weighted by Gasteiger charge is 2.04. The lowest BCUT2D eigenvalue weighted by Gasteiger charge is -2.23. The summed E-state index contributed by atoms with van der Waals surface area (Å²) in [6, 6.07) is 0. The van der Waals surface area contributed by atoms with E-state index in [4.69, 9.17) is 0 Å². The first-order chi connectivity index (χ1) is 11.1. The molecule has 0 heterocycles. The van der Waals surface area contributed by atoms with Crippen LogP contribution in [0.3, 0.4) is 0 Å². The zero-order valence-corrected chi connectivity index (χ0v) is 18.7. The first-order valence-electron chi connectivity index (χ1n) is 10.2. The molecule has 0 saturated heterocycles. The van der Waals surface area contributed by atoms with Crippen LogP contribution in [0.1, 0.15) is 103 Å². The molecule has 2 heteroatoms. The van der Waals surface area contributed by atoms with Gasteiger partial charge in [-0.05, 0) is 18.7 Å². The highest BCUT2D eigenvalue weighted by atomic mass is 79.9. The summed E-state index contributed by atoms with van der Waals surface area (Å²) >= 11 is 2.94. The highest BCUT2D eigenvalue weighted by Crippen LogP contribution is 2.13. The van der Waals surface area contributed by atoms with E-state index < -0.39 is 0 Å². The van der Waals surface area contributed by atoms with Crippen LogP contribution in [0, 0.1) is 0 Å². The minimum absolute atomic E-state index is 1.12. The standard InChI is InChI=1S/C20H44N.CH3Br/c1-5-6-7-8-9-10-11-12-13-14-15-16-17-18-19-20-21(2,3)4;1-2/h5-20H2,1-4H3;1H3/q+1;. The molecule has 0 aliphatic heterocycles. The molecule has 23 heavy (non-hydrogen) atoms. The van der Waals surface area contributed by atoms with E-state index in [0.717, 1.165) is 4.48 Å². The van der Waals surface area contributed by atoms with Crippen LogP contribution in [0.15, 0.2) is 0 Å². The molecule has 0 saturated carbocycles. The van der Waals surface area contributed by atoms with Crippen molar-refractivity contribution in [1.29, 1.82) is 0 Å². The van der Waals surface area contributed by atoms with Gasteiger partial charge in [0.1, 0.15) is 0 Å². The molecular weight excluding hydrogens is 346 g/mol. The molecule has 1 nitrogen and oxygen atoms in total. The van der Waals surface area contributed by atoms with Crippen LogP contribution in [-0.4, -0.2) is 38.0 Å². The van der Waals surface area contributed by atoms with Crippen molar-refractivity contribution < 1.29 is 4.48 Å². The van der Waals surface area contributed by atoms with E-state index >= 15 is 0 Å². The Morgan fingerprint density at radius 2 is 0.739 bits per heavy atom. The molecular formula is C21H47BrN+. The number of nitrogens with zero attached hydrogens (tertiary/aromatic N) is 1. The first kappa shape index (κ1) is 25.7. The fraction of sp³-hybridized carbons (Fsp3) is 1.00. The van der Waals surface area contributed by atoms with E-state index in [2.05, 4.69) is 44.0 Å². The molecule has 0 aliphatic rings. The summed E-state index contributed by atoms with van der Waals surface area (Å²) in [6.45, 7) is 3.63. The molecule has 0 spiro atoms. The monoisotopic (exact) mass is 392 g/mol. The summed E-state index contributed by atoms with van der Waals surface area (Å²) in [5.74, 6) is 1.81. The Morgan fingerprint density at radius 1 is 0.478 bits per heavy atom. The maximum Gasteiger partial charge on any atom is 0.0780 e. The van der Waals surface area contributed by atoms with Crippen LogP contribution >= 0.6 is 15.9 Å². The van der Waals surface area contributed by atoms with Crippen molar-refractivity contribution in [3.63, 3.8) is 0 Å². The van der Waals surface area contributed by atoms with Crippen LogP contribution in [0.2, 0.25) is 0 Å². The number of rotatable bonds is 16. The number of halogens is 1. The van der Waals surface area contributed by atoms with Crippen LogP contribution < -0.4 is 0 Å². The Morgan fingerprint density at radius 3 is 1.00 bits per heavy atom. The van der Waals surface area contributed by atoms with E-state index in [1.165, 1.54) is 103 Å². The Labute approximate surface area is 157 Å². The lowest BCUT2D eigenvalue weighted by atomic mass is 10.0. The number of hydrogen-bond donors (Lipinski definition) is 0. The molecule has 0 fully saturated rings. The third kappa shape index (κ3) is 27.6. The van der Waals surface area contributed by atoms with Gasteiger partial charge in [0.15, 0.2) is 0 Å². The van der Waals surface area contributed by atoms with Crippen LogP contribution in [0.5, 0.6) is 0 Å². The van der Waals surface area contributed by atoms with Crippen LogP contribution in [-0.2, 0) is 0 Å². The van der Waals surface area contributed by atoms with Crippen molar-refractivity contribution in [2.75, 3.05) is 33.5 Å². The summed E-state index contributed by atoms with van der Waals surface area (Å²) in [4.78, 5) is 0. The van der Waals surface area contributed by atoms with Gasteiger partial charge in [-0.3, -0.25) is 0 Å². The van der Waals surface area contributed by atoms with Crippen molar-refractivity contribution in [2.45, 2.75) is 103 Å². The summed E-state index contributed by atoms with van der Waals surface area (Å²) < 4.78 is 1.12. The van der Waals surface area contributed by atoms with Gasteiger partial charge in [0.25, 0.3) is 0 Å². The fourth-order valence-corrected chi connectivity index (χ4v) is 2.96. The predicted octanol–water partition coefficient (Wildman–Crippen LogP) is 7.58. The minimum Gasteiger partial charge on any atom is -0.331 e. The Bertz CT molecular complexity index is 199. The minimum atomic E-state index is 1.12. The molecule has 0 aromatic rings. The molecule has 0 atom stereocenters. The maximum atomic E-state index is 2.94. The van der Waals surface area contributed by atoms with Crippen molar-refractivity contribution in [3.8, 4) is 0 Å². The quantitative estimate of drug-likeness (QED) is 0.144. The molecule has 0 rings (SSSR count). The molecule has 0 aliphatic carbocycles. The largest absolute Gasteiger partial charge is 0.331 e. The van der Waals surface area contributed by atoms with E-state index in [9.17, 15) is 0 Å².